The topological polar surface area (TPSA) is 52.7 Å². The predicted octanol–water partition coefficient (Wildman–Crippen LogP) is 2.09. The van der Waals surface area contributed by atoms with Crippen molar-refractivity contribution in [2.45, 2.75) is 50.7 Å². The van der Waals surface area contributed by atoms with Crippen molar-refractivity contribution in [2.24, 2.45) is 0 Å². The molecule has 1 aromatic carbocycles. The van der Waals surface area contributed by atoms with Crippen molar-refractivity contribution in [3.8, 4) is 0 Å². The number of nitrogens with one attached hydrogen (secondary N) is 1. The first-order valence-corrected chi connectivity index (χ1v) is 9.06. The van der Waals surface area contributed by atoms with Gasteiger partial charge in [-0.25, -0.2) is 4.39 Å². The average molecular weight is 347 g/mol. The Morgan fingerprint density at radius 2 is 2.04 bits per heavy atom. The highest BCUT2D eigenvalue weighted by Gasteiger charge is 2.37. The molecule has 2 saturated heterocycles. The Morgan fingerprint density at radius 3 is 2.64 bits per heavy atom. The summed E-state index contributed by atoms with van der Waals surface area (Å²) in [4.78, 5) is 28.7. The average Bonchev–Trinajstić information content (AvgIpc) is 3.16. The fourth-order valence-corrected chi connectivity index (χ4v) is 4.07. The molecule has 136 valence electrons. The smallest absolute Gasteiger partial charge is 0.243 e. The molecule has 3 rings (SSSR count). The molecule has 2 aliphatic heterocycles. The van der Waals surface area contributed by atoms with Gasteiger partial charge in [0.25, 0.3) is 0 Å². The summed E-state index contributed by atoms with van der Waals surface area (Å²) in [6.45, 7) is 3.47. The Kier molecular flexibility index (Phi) is 5.37. The van der Waals surface area contributed by atoms with E-state index in [-0.39, 0.29) is 29.7 Å². The van der Waals surface area contributed by atoms with Crippen molar-refractivity contribution in [1.82, 2.24) is 15.1 Å². The first kappa shape index (κ1) is 17.9. The van der Waals surface area contributed by atoms with Gasteiger partial charge in [-0.2, -0.15) is 0 Å². The molecule has 1 aromatic rings. The highest BCUT2D eigenvalue weighted by Crippen LogP contribution is 2.31. The maximum Gasteiger partial charge on any atom is 0.243 e. The molecule has 3 atom stereocenters. The maximum absolute atomic E-state index is 13.2. The van der Waals surface area contributed by atoms with Crippen LogP contribution in [0, 0.1) is 5.82 Å². The monoisotopic (exact) mass is 347 g/mol. The van der Waals surface area contributed by atoms with Gasteiger partial charge in [0, 0.05) is 25.6 Å². The first-order chi connectivity index (χ1) is 12.0. The Labute approximate surface area is 148 Å². The maximum atomic E-state index is 13.2. The van der Waals surface area contributed by atoms with Gasteiger partial charge in [-0.3, -0.25) is 14.5 Å². The predicted molar refractivity (Wildman–Crippen MR) is 93.3 cm³/mol. The molecule has 2 fully saturated rings. The lowest BCUT2D eigenvalue weighted by Crippen LogP contribution is -2.50. The molecule has 0 saturated carbocycles. The van der Waals surface area contributed by atoms with E-state index in [1.807, 2.05) is 14.0 Å². The molecule has 0 aliphatic carbocycles. The normalized spacial score (nSPS) is 25.4. The molecule has 25 heavy (non-hydrogen) atoms. The van der Waals surface area contributed by atoms with Crippen LogP contribution in [0.15, 0.2) is 24.3 Å². The Hall–Kier alpha value is -1.95. The van der Waals surface area contributed by atoms with E-state index in [9.17, 15) is 14.0 Å². The number of hydrogen-bond acceptors (Lipinski definition) is 3. The Balaban J connectivity index is 1.72. The van der Waals surface area contributed by atoms with Gasteiger partial charge in [0.15, 0.2) is 0 Å². The second-order valence-electron chi connectivity index (χ2n) is 7.00. The molecule has 1 N–H and O–H groups in total. The van der Waals surface area contributed by atoms with Gasteiger partial charge in [0.2, 0.25) is 11.8 Å². The van der Waals surface area contributed by atoms with Crippen molar-refractivity contribution in [1.29, 1.82) is 0 Å². The van der Waals surface area contributed by atoms with E-state index in [0.29, 0.717) is 19.4 Å². The van der Waals surface area contributed by atoms with Gasteiger partial charge in [0.1, 0.15) is 11.9 Å². The van der Waals surface area contributed by atoms with Gasteiger partial charge in [-0.15, -0.1) is 0 Å². The summed E-state index contributed by atoms with van der Waals surface area (Å²) >= 11 is 0. The minimum atomic E-state index is -0.394. The van der Waals surface area contributed by atoms with E-state index in [1.165, 1.54) is 12.1 Å². The molecule has 6 heteroatoms. The van der Waals surface area contributed by atoms with Crippen LogP contribution < -0.4 is 5.32 Å². The van der Waals surface area contributed by atoms with Crippen LogP contribution in [0.1, 0.15) is 44.2 Å². The van der Waals surface area contributed by atoms with Gasteiger partial charge in [-0.1, -0.05) is 19.1 Å². The molecule has 0 aromatic heterocycles. The summed E-state index contributed by atoms with van der Waals surface area (Å²) in [5.74, 6) is -0.269. The lowest BCUT2D eigenvalue weighted by molar-refractivity contribution is -0.138. The quantitative estimate of drug-likeness (QED) is 0.887. The summed E-state index contributed by atoms with van der Waals surface area (Å²) in [7, 11) is 2.02. The van der Waals surface area contributed by atoms with Crippen molar-refractivity contribution < 1.29 is 14.0 Å². The molecular weight excluding hydrogens is 321 g/mol. The third kappa shape index (κ3) is 3.68. The number of likely N-dealkylation sites (N-methyl/N-ethyl adjacent to an activating group) is 1. The van der Waals surface area contributed by atoms with Gasteiger partial charge in [-0.05, 0) is 44.0 Å². The van der Waals surface area contributed by atoms with Crippen molar-refractivity contribution >= 4 is 11.8 Å². The third-order valence-electron chi connectivity index (χ3n) is 5.36. The van der Waals surface area contributed by atoms with E-state index >= 15 is 0 Å². The van der Waals surface area contributed by atoms with Crippen LogP contribution in [0.2, 0.25) is 0 Å². The zero-order valence-corrected chi connectivity index (χ0v) is 14.9. The molecule has 2 amide bonds. The largest absolute Gasteiger partial charge is 0.350 e. The van der Waals surface area contributed by atoms with Crippen LogP contribution in [0.4, 0.5) is 4.39 Å². The van der Waals surface area contributed by atoms with Gasteiger partial charge < -0.3 is 10.2 Å². The van der Waals surface area contributed by atoms with Crippen molar-refractivity contribution in [3.05, 3.63) is 35.6 Å². The second-order valence-corrected chi connectivity index (χ2v) is 7.00. The van der Waals surface area contributed by atoms with E-state index in [1.54, 1.807) is 17.0 Å². The Morgan fingerprint density at radius 1 is 1.32 bits per heavy atom. The molecule has 0 radical (unpaired) electrons. The van der Waals surface area contributed by atoms with E-state index in [4.69, 9.17) is 0 Å². The summed E-state index contributed by atoms with van der Waals surface area (Å²) in [6, 6.07) is 6.07. The molecule has 2 heterocycles. The van der Waals surface area contributed by atoms with Gasteiger partial charge >= 0.3 is 0 Å². The highest BCUT2D eigenvalue weighted by molar-refractivity contribution is 5.88. The zero-order chi connectivity index (χ0) is 18.0. The standard InChI is InChI=1S/C19H26FN3O2/c1-3-16(23-11-4-5-17(23)24)19(25)21-15-10-12-22(2)18(15)13-6-8-14(20)9-7-13/h6-9,15-16,18H,3-5,10-12H2,1-2H3,(H,21,25). The van der Waals surface area contributed by atoms with Crippen LogP contribution in [0.25, 0.3) is 0 Å². The van der Waals surface area contributed by atoms with E-state index in [0.717, 1.165) is 24.9 Å². The fourth-order valence-electron chi connectivity index (χ4n) is 4.07. The van der Waals surface area contributed by atoms with E-state index in [2.05, 4.69) is 10.2 Å². The van der Waals surface area contributed by atoms with Crippen LogP contribution in [0.3, 0.4) is 0 Å². The number of rotatable bonds is 5. The molecular formula is C19H26FN3O2. The number of hydrogen-bond donors (Lipinski definition) is 1. The summed E-state index contributed by atoms with van der Waals surface area (Å²) in [5, 5.41) is 3.15. The summed E-state index contributed by atoms with van der Waals surface area (Å²) in [6.07, 6.45) is 2.82. The highest BCUT2D eigenvalue weighted by atomic mass is 19.1. The number of benzene rings is 1. The molecule has 2 aliphatic rings. The number of halogens is 1. The number of carbonyl (C=O) groups is 2. The van der Waals surface area contributed by atoms with E-state index < -0.39 is 6.04 Å². The molecule has 0 spiro atoms. The number of nitrogens with zero attached hydrogens (tertiary/aromatic N) is 2. The Bertz CT molecular complexity index is 634. The summed E-state index contributed by atoms with van der Waals surface area (Å²) in [5.41, 5.74) is 0.997. The molecule has 3 unspecified atom stereocenters. The fraction of sp³-hybridized carbons (Fsp3) is 0.579. The van der Waals surface area contributed by atoms with Crippen LogP contribution >= 0.6 is 0 Å². The summed E-state index contributed by atoms with van der Waals surface area (Å²) < 4.78 is 13.2. The van der Waals surface area contributed by atoms with Crippen molar-refractivity contribution in [3.63, 3.8) is 0 Å². The minimum absolute atomic E-state index is 0.0244. The van der Waals surface area contributed by atoms with Gasteiger partial charge in [0.05, 0.1) is 6.04 Å². The lowest BCUT2D eigenvalue weighted by Gasteiger charge is -2.30. The second kappa shape index (κ2) is 7.52. The SMILES string of the molecule is CCC(C(=O)NC1CCN(C)C1c1ccc(F)cc1)N1CCCC1=O. The molecule has 0 bridgehead atoms. The van der Waals surface area contributed by atoms with Crippen molar-refractivity contribution in [2.75, 3.05) is 20.1 Å². The third-order valence-corrected chi connectivity index (χ3v) is 5.36. The zero-order valence-electron chi connectivity index (χ0n) is 14.9. The first-order valence-electron chi connectivity index (χ1n) is 9.06. The van der Waals surface area contributed by atoms with Crippen LogP contribution in [-0.4, -0.2) is 53.8 Å². The molecule has 5 nitrogen and oxygen atoms in total. The number of amides is 2. The van der Waals surface area contributed by atoms with Crippen LogP contribution in [-0.2, 0) is 9.59 Å². The lowest BCUT2D eigenvalue weighted by atomic mass is 9.99. The minimum Gasteiger partial charge on any atom is -0.350 e. The number of carbonyl (C=O) groups excluding carboxylic acids is 2. The number of likely N-dealkylation sites (tertiary alicyclic amines) is 2. The van der Waals surface area contributed by atoms with Crippen LogP contribution in [0.5, 0.6) is 0 Å².